The van der Waals surface area contributed by atoms with Crippen molar-refractivity contribution in [2.45, 2.75) is 123 Å². The lowest BCUT2D eigenvalue weighted by Gasteiger charge is -2.41. The molecule has 2 rings (SSSR count). The zero-order chi connectivity index (χ0) is 41.9. The summed E-state index contributed by atoms with van der Waals surface area (Å²) in [5.41, 5.74) is 0.622. The third kappa shape index (κ3) is 12.3. The van der Waals surface area contributed by atoms with E-state index >= 15 is 0 Å². The van der Waals surface area contributed by atoms with Gasteiger partial charge in [-0.1, -0.05) is 67.0 Å². The van der Waals surface area contributed by atoms with Gasteiger partial charge in [0.25, 0.3) is 0 Å². The lowest BCUT2D eigenvalue weighted by Crippen LogP contribution is -2.59. The summed E-state index contributed by atoms with van der Waals surface area (Å²) in [6, 6.07) is 2.64. The van der Waals surface area contributed by atoms with Crippen LogP contribution in [0.15, 0.2) is 24.3 Å². The van der Waals surface area contributed by atoms with Crippen LogP contribution in [0.3, 0.4) is 0 Å². The molecule has 0 bridgehead atoms. The van der Waals surface area contributed by atoms with E-state index in [1.165, 1.54) is 38.5 Å². The molecular weight excluding hydrogens is 707 g/mol. The summed E-state index contributed by atoms with van der Waals surface area (Å²) in [4.78, 5) is 60.9. The van der Waals surface area contributed by atoms with Gasteiger partial charge in [0, 0.05) is 34.9 Å². The molecular formula is C41H69FN6O7. The standard InChI is InChI=1S/C41H69FN6O7/c1-15-25(6)37(47(11)41(52)35(23(2)3)45-40(51)36(24(4)5)46(9)10)32(54-13)21-33(49)48-22-30(53-12)20-31(48)38(55-14)26(7)39(50)44-27(8)34(43)28-16-18-29(42)19-17-28/h16-19,23-27,30-32,35-38,43H,15,20-22H2,1-14H3,(H,44,50)(H,45,51)/t25-,26+,27+,30+,31?,32+,35-,36-,37-,38+/m0/s1. The van der Waals surface area contributed by atoms with E-state index in [-0.39, 0.29) is 66.2 Å². The number of rotatable bonds is 21. The number of nitrogens with zero attached hydrogens (tertiary/aromatic N) is 3. The quantitative estimate of drug-likeness (QED) is 0.159. The molecule has 1 aromatic rings. The normalized spacial score (nSPS) is 20.4. The molecule has 4 amide bonds. The maximum absolute atomic E-state index is 14.4. The first-order chi connectivity index (χ1) is 25.7. The first-order valence-corrected chi connectivity index (χ1v) is 19.5. The van der Waals surface area contributed by atoms with E-state index in [1.54, 1.807) is 37.8 Å². The van der Waals surface area contributed by atoms with Crippen molar-refractivity contribution in [3.05, 3.63) is 35.6 Å². The van der Waals surface area contributed by atoms with Gasteiger partial charge in [0.2, 0.25) is 23.6 Å². The second-order valence-corrected chi connectivity index (χ2v) is 16.0. The molecule has 0 radical (unpaired) electrons. The second-order valence-electron chi connectivity index (χ2n) is 16.0. The van der Waals surface area contributed by atoms with Crippen LogP contribution in [0.25, 0.3) is 0 Å². The maximum Gasteiger partial charge on any atom is 0.245 e. The minimum absolute atomic E-state index is 0.0283. The number of likely N-dealkylation sites (N-methyl/N-ethyl adjacent to an activating group) is 2. The Balaban J connectivity index is 2.33. The predicted molar refractivity (Wildman–Crippen MR) is 212 cm³/mol. The molecule has 1 saturated heterocycles. The van der Waals surface area contributed by atoms with E-state index in [2.05, 4.69) is 10.6 Å². The van der Waals surface area contributed by atoms with Crippen LogP contribution in [0, 0.1) is 34.9 Å². The summed E-state index contributed by atoms with van der Waals surface area (Å²) in [5, 5.41) is 14.5. The second kappa shape index (κ2) is 21.7. The average molecular weight is 777 g/mol. The van der Waals surface area contributed by atoms with Crippen molar-refractivity contribution in [1.29, 1.82) is 5.41 Å². The van der Waals surface area contributed by atoms with Crippen LogP contribution >= 0.6 is 0 Å². The number of carbonyl (C=O) groups excluding carboxylic acids is 4. The molecule has 1 aromatic carbocycles. The first kappa shape index (κ1) is 47.7. The molecule has 312 valence electrons. The van der Waals surface area contributed by atoms with Gasteiger partial charge in [-0.3, -0.25) is 24.1 Å². The number of halogens is 1. The van der Waals surface area contributed by atoms with E-state index in [9.17, 15) is 23.6 Å². The summed E-state index contributed by atoms with van der Waals surface area (Å²) >= 11 is 0. The largest absolute Gasteiger partial charge is 0.380 e. The molecule has 14 heteroatoms. The third-order valence-corrected chi connectivity index (χ3v) is 11.2. The molecule has 0 aliphatic carbocycles. The van der Waals surface area contributed by atoms with Gasteiger partial charge >= 0.3 is 0 Å². The van der Waals surface area contributed by atoms with Gasteiger partial charge in [-0.25, -0.2) is 4.39 Å². The number of carbonyl (C=O) groups is 4. The fourth-order valence-corrected chi connectivity index (χ4v) is 7.86. The van der Waals surface area contributed by atoms with Crippen molar-refractivity contribution in [3.63, 3.8) is 0 Å². The van der Waals surface area contributed by atoms with Gasteiger partial charge in [-0.15, -0.1) is 0 Å². The van der Waals surface area contributed by atoms with Crippen molar-refractivity contribution >= 4 is 29.3 Å². The molecule has 3 N–H and O–H groups in total. The molecule has 1 unspecified atom stereocenters. The summed E-state index contributed by atoms with van der Waals surface area (Å²) < 4.78 is 31.1. The van der Waals surface area contributed by atoms with Gasteiger partial charge in [0.1, 0.15) is 11.9 Å². The summed E-state index contributed by atoms with van der Waals surface area (Å²) in [6.07, 6.45) is -0.599. The minimum atomic E-state index is -0.791. The Kier molecular flexibility index (Phi) is 18.8. The van der Waals surface area contributed by atoms with Crippen LogP contribution in [-0.4, -0.2) is 142 Å². The SMILES string of the molecule is CC[C@H](C)[C@@H]([C@@H](CC(=O)N1C[C@H](OC)CC1[C@H](OC)[C@@H](C)C(=O)N[C@H](C)C(=N)c1ccc(F)cc1)OC)N(C)C(=O)[C@@H](NC(=O)[C@H](C(C)C)N(C)C)C(C)C. The zero-order valence-corrected chi connectivity index (χ0v) is 35.6. The van der Waals surface area contributed by atoms with Crippen LogP contribution in [0.2, 0.25) is 0 Å². The summed E-state index contributed by atoms with van der Waals surface area (Å²) in [7, 11) is 10.0. The lowest BCUT2D eigenvalue weighted by atomic mass is 9.89. The van der Waals surface area contributed by atoms with Crippen LogP contribution in [0.5, 0.6) is 0 Å². The molecule has 13 nitrogen and oxygen atoms in total. The Morgan fingerprint density at radius 2 is 1.51 bits per heavy atom. The number of nitrogens with one attached hydrogen (secondary N) is 3. The highest BCUT2D eigenvalue weighted by atomic mass is 19.1. The van der Waals surface area contributed by atoms with Gasteiger partial charge < -0.3 is 40.1 Å². The Labute approximate surface area is 328 Å². The van der Waals surface area contributed by atoms with Gasteiger partial charge in [0.05, 0.1) is 60.5 Å². The van der Waals surface area contributed by atoms with Gasteiger partial charge in [-0.2, -0.15) is 0 Å². The predicted octanol–water partition coefficient (Wildman–Crippen LogP) is 3.97. The van der Waals surface area contributed by atoms with Crippen molar-refractivity contribution < 1.29 is 37.8 Å². The molecule has 1 heterocycles. The first-order valence-electron chi connectivity index (χ1n) is 19.5. The van der Waals surface area contributed by atoms with E-state index in [4.69, 9.17) is 19.6 Å². The van der Waals surface area contributed by atoms with Crippen LogP contribution in [0.1, 0.15) is 80.2 Å². The highest BCUT2D eigenvalue weighted by Crippen LogP contribution is 2.31. The third-order valence-electron chi connectivity index (χ3n) is 11.2. The summed E-state index contributed by atoms with van der Waals surface area (Å²) in [6.45, 7) is 15.5. The molecule has 1 aliphatic heterocycles. The Morgan fingerprint density at radius 3 is 1.98 bits per heavy atom. The Bertz CT molecular complexity index is 1420. The number of likely N-dealkylation sites (tertiary alicyclic amines) is 1. The van der Waals surface area contributed by atoms with Crippen molar-refractivity contribution in [2.24, 2.45) is 23.7 Å². The van der Waals surface area contributed by atoms with Crippen LogP contribution < -0.4 is 10.6 Å². The molecule has 1 fully saturated rings. The fraction of sp³-hybridized carbons (Fsp3) is 0.732. The van der Waals surface area contributed by atoms with Gasteiger partial charge in [-0.05, 0) is 62.9 Å². The van der Waals surface area contributed by atoms with Gasteiger partial charge in [0.15, 0.2) is 0 Å². The molecule has 0 aromatic heterocycles. The van der Waals surface area contributed by atoms with E-state index in [0.29, 0.717) is 18.4 Å². The number of methoxy groups -OCH3 is 3. The van der Waals surface area contributed by atoms with E-state index in [0.717, 1.165) is 0 Å². The van der Waals surface area contributed by atoms with Crippen LogP contribution in [-0.2, 0) is 33.4 Å². The minimum Gasteiger partial charge on any atom is -0.380 e. The Hall–Kier alpha value is -3.46. The van der Waals surface area contributed by atoms with Crippen molar-refractivity contribution in [2.75, 3.05) is 49.0 Å². The molecule has 55 heavy (non-hydrogen) atoms. The monoisotopic (exact) mass is 777 g/mol. The lowest BCUT2D eigenvalue weighted by molar-refractivity contribution is -0.148. The molecule has 0 spiro atoms. The zero-order valence-electron chi connectivity index (χ0n) is 35.6. The maximum atomic E-state index is 14.4. The van der Waals surface area contributed by atoms with Crippen molar-refractivity contribution in [3.8, 4) is 0 Å². The number of benzene rings is 1. The van der Waals surface area contributed by atoms with Crippen LogP contribution in [0.4, 0.5) is 4.39 Å². The van der Waals surface area contributed by atoms with E-state index < -0.39 is 54.2 Å². The highest BCUT2D eigenvalue weighted by Gasteiger charge is 2.46. The smallest absolute Gasteiger partial charge is 0.245 e. The number of ether oxygens (including phenoxy) is 3. The molecule has 10 atom stereocenters. The van der Waals surface area contributed by atoms with Crippen molar-refractivity contribution in [1.82, 2.24) is 25.3 Å². The topological polar surface area (TPSA) is 154 Å². The average Bonchev–Trinajstić information content (AvgIpc) is 3.57. The Morgan fingerprint density at radius 1 is 0.909 bits per heavy atom. The number of hydrogen-bond donors (Lipinski definition) is 3. The summed E-state index contributed by atoms with van der Waals surface area (Å²) in [5.74, 6) is -2.44. The number of amides is 4. The number of hydrogen-bond acceptors (Lipinski definition) is 9. The molecule has 1 aliphatic rings. The van der Waals surface area contributed by atoms with E-state index in [1.807, 2.05) is 60.5 Å². The molecule has 0 saturated carbocycles. The highest BCUT2D eigenvalue weighted by molar-refractivity contribution is 6.03. The fourth-order valence-electron chi connectivity index (χ4n) is 7.86.